The molecular weight excluding hydrogens is 406 g/mol. The molecule has 0 atom stereocenters. The van der Waals surface area contributed by atoms with Gasteiger partial charge in [-0.05, 0) is 52.6 Å². The van der Waals surface area contributed by atoms with Crippen LogP contribution in [0.1, 0.15) is 16.8 Å². The molecule has 0 bridgehead atoms. The second kappa shape index (κ2) is 8.89. The minimum atomic E-state index is 0.441. The van der Waals surface area contributed by atoms with Crippen molar-refractivity contribution in [1.82, 2.24) is 15.0 Å². The fraction of sp³-hybridized carbons (Fsp3) is 0.0714. The fourth-order valence-corrected chi connectivity index (χ4v) is 3.91. The maximum Gasteiger partial charge on any atom is 0.148 e. The number of aromatic nitrogens is 3. The highest BCUT2D eigenvalue weighted by molar-refractivity contribution is 5.88. The van der Waals surface area contributed by atoms with Gasteiger partial charge in [0.1, 0.15) is 23.8 Å². The Labute approximate surface area is 192 Å². The van der Waals surface area contributed by atoms with E-state index in [-0.39, 0.29) is 0 Å². The summed E-state index contributed by atoms with van der Waals surface area (Å²) in [5, 5.41) is 15.5. The van der Waals surface area contributed by atoms with Crippen LogP contribution in [0.5, 0.6) is 0 Å². The number of anilines is 1. The van der Waals surface area contributed by atoms with Gasteiger partial charge in [-0.25, -0.2) is 9.97 Å². The number of hydrogen-bond acceptors (Lipinski definition) is 5. The Kier molecular flexibility index (Phi) is 5.48. The third-order valence-electron chi connectivity index (χ3n) is 5.63. The average molecular weight is 428 g/mol. The first-order valence-corrected chi connectivity index (χ1v) is 10.7. The summed E-state index contributed by atoms with van der Waals surface area (Å²) in [6.07, 6.45) is 3.33. The molecule has 0 fully saturated rings. The highest BCUT2D eigenvalue weighted by Crippen LogP contribution is 2.28. The Morgan fingerprint density at radius 1 is 0.788 bits per heavy atom. The van der Waals surface area contributed by atoms with E-state index in [0.29, 0.717) is 23.6 Å². The number of nitrogens with zero attached hydrogens (tertiary/aromatic N) is 4. The lowest BCUT2D eigenvalue weighted by molar-refractivity contribution is 1.07. The molecule has 1 N–H and O–H groups in total. The van der Waals surface area contributed by atoms with Gasteiger partial charge in [-0.1, -0.05) is 60.7 Å². The van der Waals surface area contributed by atoms with Crippen molar-refractivity contribution in [2.45, 2.75) is 13.5 Å². The molecule has 158 valence electrons. The molecule has 2 heterocycles. The molecule has 0 amide bonds. The van der Waals surface area contributed by atoms with Crippen LogP contribution in [0.2, 0.25) is 0 Å². The van der Waals surface area contributed by atoms with E-state index in [2.05, 4.69) is 74.9 Å². The summed E-state index contributed by atoms with van der Waals surface area (Å²) in [7, 11) is 0. The van der Waals surface area contributed by atoms with Gasteiger partial charge in [0.25, 0.3) is 0 Å². The van der Waals surface area contributed by atoms with Crippen LogP contribution in [0.3, 0.4) is 0 Å². The van der Waals surface area contributed by atoms with Gasteiger partial charge in [-0.15, -0.1) is 0 Å². The molecule has 5 heteroatoms. The smallest absolute Gasteiger partial charge is 0.148 e. The molecule has 0 unspecified atom stereocenters. The third kappa shape index (κ3) is 4.28. The summed E-state index contributed by atoms with van der Waals surface area (Å²) in [5.41, 5.74) is 6.34. The van der Waals surface area contributed by atoms with Crippen molar-refractivity contribution in [3.8, 4) is 28.5 Å². The van der Waals surface area contributed by atoms with Gasteiger partial charge in [-0.2, -0.15) is 5.26 Å². The van der Waals surface area contributed by atoms with Crippen LogP contribution in [-0.4, -0.2) is 15.0 Å². The van der Waals surface area contributed by atoms with Gasteiger partial charge < -0.3 is 5.32 Å². The Hall–Kier alpha value is -4.56. The van der Waals surface area contributed by atoms with Gasteiger partial charge in [0.15, 0.2) is 0 Å². The van der Waals surface area contributed by atoms with Gasteiger partial charge in [0, 0.05) is 24.0 Å². The molecule has 33 heavy (non-hydrogen) atoms. The van der Waals surface area contributed by atoms with Gasteiger partial charge in [0.2, 0.25) is 0 Å². The van der Waals surface area contributed by atoms with E-state index in [0.717, 1.165) is 38.7 Å². The largest absolute Gasteiger partial charge is 0.365 e. The van der Waals surface area contributed by atoms with Crippen LogP contribution in [0, 0.1) is 18.3 Å². The predicted octanol–water partition coefficient (Wildman–Crippen LogP) is 6.15. The zero-order valence-corrected chi connectivity index (χ0v) is 18.2. The highest BCUT2D eigenvalue weighted by Gasteiger charge is 2.13. The topological polar surface area (TPSA) is 74.5 Å². The fourth-order valence-electron chi connectivity index (χ4n) is 3.91. The molecule has 5 aromatic rings. The third-order valence-corrected chi connectivity index (χ3v) is 5.63. The second-order valence-electron chi connectivity index (χ2n) is 7.86. The van der Waals surface area contributed by atoms with Crippen LogP contribution in [0.15, 0.2) is 91.4 Å². The van der Waals surface area contributed by atoms with Crippen LogP contribution < -0.4 is 5.32 Å². The first kappa shape index (κ1) is 20.3. The van der Waals surface area contributed by atoms with Crippen LogP contribution in [0.4, 0.5) is 5.82 Å². The number of rotatable bonds is 5. The predicted molar refractivity (Wildman–Crippen MR) is 131 cm³/mol. The van der Waals surface area contributed by atoms with E-state index in [1.807, 2.05) is 43.5 Å². The number of nitrogens with one attached hydrogen (secondary N) is 1. The van der Waals surface area contributed by atoms with Crippen molar-refractivity contribution in [2.75, 3.05) is 5.32 Å². The molecule has 3 aromatic carbocycles. The quantitative estimate of drug-likeness (QED) is 0.364. The lowest BCUT2D eigenvalue weighted by atomic mass is 10.0. The Bertz CT molecular complexity index is 1480. The van der Waals surface area contributed by atoms with Crippen LogP contribution in [0.25, 0.3) is 33.2 Å². The standard InChI is InChI=1S/C28H21N5/c1-19-14-24(12-13-30-19)22-8-6-20(7-9-22)17-31-28-26(16-29)27(32-18-33-28)25-11-10-21-4-2-3-5-23(21)15-25/h2-15,18H,17H2,1H3,(H,31,32,33). The number of nitriles is 1. The van der Waals surface area contributed by atoms with Crippen LogP contribution >= 0.6 is 0 Å². The number of fused-ring (bicyclic) bond motifs is 1. The molecule has 0 saturated heterocycles. The molecule has 2 aromatic heterocycles. The van der Waals surface area contributed by atoms with Gasteiger partial charge in [0.05, 0.1) is 5.69 Å². The minimum Gasteiger partial charge on any atom is -0.365 e. The number of aryl methyl sites for hydroxylation is 1. The van der Waals surface area contributed by atoms with Crippen molar-refractivity contribution in [3.63, 3.8) is 0 Å². The molecule has 0 radical (unpaired) electrons. The van der Waals surface area contributed by atoms with E-state index >= 15 is 0 Å². The molecule has 0 saturated carbocycles. The summed E-state index contributed by atoms with van der Waals surface area (Å²) < 4.78 is 0. The van der Waals surface area contributed by atoms with E-state index in [4.69, 9.17) is 0 Å². The first-order chi connectivity index (χ1) is 16.2. The SMILES string of the molecule is Cc1cc(-c2ccc(CNc3ncnc(-c4ccc5ccccc5c4)c3C#N)cc2)ccn1. The average Bonchev–Trinajstić information content (AvgIpc) is 2.87. The number of benzene rings is 3. The van der Waals surface area contributed by atoms with Crippen molar-refractivity contribution in [1.29, 1.82) is 5.26 Å². The molecular formula is C28H21N5. The Morgan fingerprint density at radius 3 is 2.36 bits per heavy atom. The van der Waals surface area contributed by atoms with E-state index in [1.54, 1.807) is 0 Å². The van der Waals surface area contributed by atoms with Gasteiger partial charge in [-0.3, -0.25) is 4.98 Å². The lowest BCUT2D eigenvalue weighted by Gasteiger charge is -2.11. The maximum absolute atomic E-state index is 9.88. The Balaban J connectivity index is 1.38. The monoisotopic (exact) mass is 427 g/mol. The van der Waals surface area contributed by atoms with Crippen molar-refractivity contribution in [3.05, 3.63) is 108 Å². The summed E-state index contributed by atoms with van der Waals surface area (Å²) in [5.74, 6) is 0.532. The van der Waals surface area contributed by atoms with E-state index < -0.39 is 0 Å². The lowest BCUT2D eigenvalue weighted by Crippen LogP contribution is -2.05. The minimum absolute atomic E-state index is 0.441. The van der Waals surface area contributed by atoms with Crippen molar-refractivity contribution < 1.29 is 0 Å². The number of pyridine rings is 1. The van der Waals surface area contributed by atoms with Gasteiger partial charge >= 0.3 is 0 Å². The summed E-state index contributed by atoms with van der Waals surface area (Å²) in [6.45, 7) is 2.54. The maximum atomic E-state index is 9.88. The number of hydrogen-bond donors (Lipinski definition) is 1. The first-order valence-electron chi connectivity index (χ1n) is 10.7. The summed E-state index contributed by atoms with van der Waals surface area (Å²) in [6, 6.07) is 29.0. The van der Waals surface area contributed by atoms with Crippen LogP contribution in [-0.2, 0) is 6.54 Å². The molecule has 0 aliphatic rings. The zero-order valence-electron chi connectivity index (χ0n) is 18.2. The zero-order chi connectivity index (χ0) is 22.6. The summed E-state index contributed by atoms with van der Waals surface area (Å²) >= 11 is 0. The molecule has 5 rings (SSSR count). The summed E-state index contributed by atoms with van der Waals surface area (Å²) in [4.78, 5) is 13.0. The molecule has 5 nitrogen and oxygen atoms in total. The van der Waals surface area contributed by atoms with E-state index in [1.165, 1.54) is 6.33 Å². The van der Waals surface area contributed by atoms with Crippen molar-refractivity contribution >= 4 is 16.6 Å². The van der Waals surface area contributed by atoms with E-state index in [9.17, 15) is 5.26 Å². The second-order valence-corrected chi connectivity index (χ2v) is 7.86. The van der Waals surface area contributed by atoms with Crippen molar-refractivity contribution in [2.24, 2.45) is 0 Å². The highest BCUT2D eigenvalue weighted by atomic mass is 15.0. The molecule has 0 spiro atoms. The molecule has 0 aliphatic heterocycles. The molecule has 0 aliphatic carbocycles. The Morgan fingerprint density at radius 2 is 1.58 bits per heavy atom. The normalized spacial score (nSPS) is 10.7.